The van der Waals surface area contributed by atoms with Crippen molar-refractivity contribution in [2.45, 2.75) is 38.1 Å². The molecule has 1 heterocycles. The predicted molar refractivity (Wildman–Crippen MR) is 86.2 cm³/mol. The van der Waals surface area contributed by atoms with E-state index in [-0.39, 0.29) is 11.2 Å². The number of hydrogen-bond acceptors (Lipinski definition) is 2. The van der Waals surface area contributed by atoms with Gasteiger partial charge in [0.2, 0.25) is 0 Å². The summed E-state index contributed by atoms with van der Waals surface area (Å²) < 4.78 is 15.5. The largest absolute Gasteiger partial charge is 0.327 e. The van der Waals surface area contributed by atoms with Crippen molar-refractivity contribution in [2.75, 3.05) is 12.0 Å². The van der Waals surface area contributed by atoms with Crippen LogP contribution in [-0.2, 0) is 6.54 Å². The van der Waals surface area contributed by atoms with Gasteiger partial charge in [-0.15, -0.1) is 11.6 Å². The van der Waals surface area contributed by atoms with E-state index in [2.05, 4.69) is 15.8 Å². The maximum atomic E-state index is 13.4. The maximum absolute atomic E-state index is 13.4. The normalized spacial score (nSPS) is 13.0. The molecule has 1 aromatic heterocycles. The minimum Gasteiger partial charge on any atom is -0.327 e. The summed E-state index contributed by atoms with van der Waals surface area (Å²) >= 11 is 8.07. The molecule has 1 unspecified atom stereocenters. The summed E-state index contributed by atoms with van der Waals surface area (Å²) in [4.78, 5) is 4.53. The molecule has 0 N–H and O–H groups in total. The van der Waals surface area contributed by atoms with E-state index in [9.17, 15) is 4.39 Å². The lowest BCUT2D eigenvalue weighted by Crippen LogP contribution is -2.05. The molecule has 0 amide bonds. The van der Waals surface area contributed by atoms with Crippen LogP contribution >= 0.6 is 23.4 Å². The quantitative estimate of drug-likeness (QED) is 0.528. The third-order valence-corrected chi connectivity index (χ3v) is 4.22. The van der Waals surface area contributed by atoms with Crippen LogP contribution in [0.5, 0.6) is 0 Å². The zero-order valence-electron chi connectivity index (χ0n) is 11.9. The lowest BCUT2D eigenvalue weighted by Gasteiger charge is -2.10. The fourth-order valence-corrected chi connectivity index (χ4v) is 3.01. The van der Waals surface area contributed by atoms with E-state index in [1.165, 1.54) is 24.7 Å². The van der Waals surface area contributed by atoms with E-state index in [1.807, 2.05) is 18.7 Å². The molecule has 0 fully saturated rings. The number of benzene rings is 1. The van der Waals surface area contributed by atoms with Crippen LogP contribution < -0.4 is 0 Å². The maximum Gasteiger partial charge on any atom is 0.127 e. The molecule has 0 aliphatic carbocycles. The average Bonchev–Trinajstić information content (AvgIpc) is 2.77. The average molecular weight is 315 g/mol. The van der Waals surface area contributed by atoms with Gasteiger partial charge in [0, 0.05) is 6.54 Å². The Morgan fingerprint density at radius 3 is 2.85 bits per heavy atom. The van der Waals surface area contributed by atoms with Crippen LogP contribution in [0.3, 0.4) is 0 Å². The van der Waals surface area contributed by atoms with Crippen molar-refractivity contribution >= 4 is 34.4 Å². The number of unbranched alkanes of at least 4 members (excludes halogenated alkanes) is 2. The van der Waals surface area contributed by atoms with Gasteiger partial charge in [0.05, 0.1) is 16.4 Å². The zero-order valence-corrected chi connectivity index (χ0v) is 13.5. The number of thioether (sulfide) groups is 1. The Bertz CT molecular complexity index is 568. The molecule has 0 saturated heterocycles. The number of rotatable bonds is 7. The highest BCUT2D eigenvalue weighted by atomic mass is 35.5. The molecule has 5 heteroatoms. The number of imidazole rings is 1. The van der Waals surface area contributed by atoms with Crippen LogP contribution in [0.1, 0.15) is 37.4 Å². The number of aryl methyl sites for hydroxylation is 1. The Labute approximate surface area is 128 Å². The molecule has 0 radical (unpaired) electrons. The van der Waals surface area contributed by atoms with E-state index in [0.717, 1.165) is 29.8 Å². The smallest absolute Gasteiger partial charge is 0.127 e. The molecule has 0 aliphatic rings. The molecule has 2 aromatic rings. The minimum absolute atomic E-state index is 0.170. The Hall–Kier alpha value is -0.740. The van der Waals surface area contributed by atoms with Crippen molar-refractivity contribution in [2.24, 2.45) is 0 Å². The second-order valence-corrected chi connectivity index (χ2v) is 6.56. The van der Waals surface area contributed by atoms with E-state index in [0.29, 0.717) is 0 Å². The summed E-state index contributed by atoms with van der Waals surface area (Å²) in [5.74, 6) is 1.80. The standard InChI is InChI=1S/C15H20ClFN2S/c1-11(16)15-18-13-7-6-12(17)10-14(13)19(15)8-4-3-5-9-20-2/h6-7,10-11H,3-5,8-9H2,1-2H3. The van der Waals surface area contributed by atoms with Crippen LogP contribution in [0.4, 0.5) is 4.39 Å². The molecule has 1 aromatic carbocycles. The highest BCUT2D eigenvalue weighted by Crippen LogP contribution is 2.25. The van der Waals surface area contributed by atoms with Crippen LogP contribution in [0.15, 0.2) is 18.2 Å². The summed E-state index contributed by atoms with van der Waals surface area (Å²) in [6.45, 7) is 2.75. The van der Waals surface area contributed by atoms with Gasteiger partial charge in [0.15, 0.2) is 0 Å². The second-order valence-electron chi connectivity index (χ2n) is 4.92. The number of alkyl halides is 1. The monoisotopic (exact) mass is 314 g/mol. The van der Waals surface area contributed by atoms with Gasteiger partial charge in [-0.1, -0.05) is 6.42 Å². The molecule has 0 aliphatic heterocycles. The van der Waals surface area contributed by atoms with Crippen LogP contribution in [0.2, 0.25) is 0 Å². The molecular weight excluding hydrogens is 295 g/mol. The molecule has 0 spiro atoms. The van der Waals surface area contributed by atoms with Gasteiger partial charge in [0.25, 0.3) is 0 Å². The minimum atomic E-state index is -0.227. The summed E-state index contributed by atoms with van der Waals surface area (Å²) in [5.41, 5.74) is 1.66. The molecular formula is C15H20ClFN2S. The first-order valence-corrected chi connectivity index (χ1v) is 8.75. The SMILES string of the molecule is CSCCCCCn1c(C(C)Cl)nc2ccc(F)cc21. The molecule has 0 bridgehead atoms. The van der Waals surface area contributed by atoms with Crippen molar-refractivity contribution in [1.82, 2.24) is 9.55 Å². The lowest BCUT2D eigenvalue weighted by atomic mass is 10.2. The Balaban J connectivity index is 2.19. The van der Waals surface area contributed by atoms with Crippen molar-refractivity contribution in [3.05, 3.63) is 29.8 Å². The van der Waals surface area contributed by atoms with Crippen molar-refractivity contribution in [3.63, 3.8) is 0 Å². The third-order valence-electron chi connectivity index (χ3n) is 3.33. The van der Waals surface area contributed by atoms with Gasteiger partial charge in [-0.2, -0.15) is 11.8 Å². The first-order chi connectivity index (χ1) is 9.63. The van der Waals surface area contributed by atoms with Crippen LogP contribution in [-0.4, -0.2) is 21.6 Å². The summed E-state index contributed by atoms with van der Waals surface area (Å²) in [5, 5.41) is -0.170. The number of halogens is 2. The fourth-order valence-electron chi connectivity index (χ4n) is 2.35. The third kappa shape index (κ3) is 3.67. The highest BCUT2D eigenvalue weighted by Gasteiger charge is 2.15. The Morgan fingerprint density at radius 2 is 2.15 bits per heavy atom. The fraction of sp³-hybridized carbons (Fsp3) is 0.533. The first kappa shape index (κ1) is 15.6. The van der Waals surface area contributed by atoms with Gasteiger partial charge in [-0.25, -0.2) is 9.37 Å². The van der Waals surface area contributed by atoms with Gasteiger partial charge in [0.1, 0.15) is 11.6 Å². The van der Waals surface area contributed by atoms with E-state index in [1.54, 1.807) is 12.1 Å². The molecule has 2 nitrogen and oxygen atoms in total. The topological polar surface area (TPSA) is 17.8 Å². The van der Waals surface area contributed by atoms with Crippen molar-refractivity contribution in [3.8, 4) is 0 Å². The lowest BCUT2D eigenvalue weighted by molar-refractivity contribution is 0.590. The first-order valence-electron chi connectivity index (χ1n) is 6.92. The number of fused-ring (bicyclic) bond motifs is 1. The van der Waals surface area contributed by atoms with E-state index in [4.69, 9.17) is 11.6 Å². The van der Waals surface area contributed by atoms with Gasteiger partial charge in [-0.3, -0.25) is 0 Å². The van der Waals surface area contributed by atoms with Gasteiger partial charge in [-0.05, 0) is 50.0 Å². The molecule has 110 valence electrons. The predicted octanol–water partition coefficient (Wildman–Crippen LogP) is 5.01. The number of hydrogen-bond donors (Lipinski definition) is 0. The van der Waals surface area contributed by atoms with Crippen LogP contribution in [0, 0.1) is 5.82 Å². The second kappa shape index (κ2) is 7.32. The van der Waals surface area contributed by atoms with E-state index >= 15 is 0 Å². The molecule has 20 heavy (non-hydrogen) atoms. The summed E-state index contributed by atoms with van der Waals surface area (Å²) in [6, 6.07) is 4.71. The molecule has 1 atom stereocenters. The Kier molecular flexibility index (Phi) is 5.73. The summed E-state index contributed by atoms with van der Waals surface area (Å²) in [7, 11) is 0. The van der Waals surface area contributed by atoms with Gasteiger partial charge < -0.3 is 4.57 Å². The molecule has 2 rings (SSSR count). The number of nitrogens with zero attached hydrogens (tertiary/aromatic N) is 2. The van der Waals surface area contributed by atoms with E-state index < -0.39 is 0 Å². The summed E-state index contributed by atoms with van der Waals surface area (Å²) in [6.07, 6.45) is 5.58. The highest BCUT2D eigenvalue weighted by molar-refractivity contribution is 7.98. The zero-order chi connectivity index (χ0) is 14.5. The van der Waals surface area contributed by atoms with Gasteiger partial charge >= 0.3 is 0 Å². The van der Waals surface area contributed by atoms with Crippen molar-refractivity contribution < 1.29 is 4.39 Å². The van der Waals surface area contributed by atoms with Crippen molar-refractivity contribution in [1.29, 1.82) is 0 Å². The number of aromatic nitrogens is 2. The molecule has 0 saturated carbocycles. The Morgan fingerprint density at radius 1 is 1.35 bits per heavy atom. The van der Waals surface area contributed by atoms with Crippen LogP contribution in [0.25, 0.3) is 11.0 Å².